The van der Waals surface area contributed by atoms with Gasteiger partial charge >= 0.3 is 0 Å². The van der Waals surface area contributed by atoms with Crippen LogP contribution in [0.15, 0.2) is 47.4 Å². The van der Waals surface area contributed by atoms with Crippen molar-refractivity contribution >= 4 is 46.5 Å². The molecule has 0 atom stereocenters. The molecule has 2 heterocycles. The quantitative estimate of drug-likeness (QED) is 0.687. The van der Waals surface area contributed by atoms with Crippen molar-refractivity contribution in [1.29, 1.82) is 0 Å². The normalized spacial score (nSPS) is 16.4. The van der Waals surface area contributed by atoms with Gasteiger partial charge in [-0.05, 0) is 53.2 Å². The van der Waals surface area contributed by atoms with Crippen molar-refractivity contribution in [2.75, 3.05) is 19.9 Å². The third-order valence-corrected chi connectivity index (χ3v) is 5.66. The third kappa shape index (κ3) is 4.60. The van der Waals surface area contributed by atoms with E-state index in [2.05, 4.69) is 5.32 Å². The molecule has 7 nitrogen and oxygen atoms in total. The second-order valence-corrected chi connectivity index (χ2v) is 8.03. The fraction of sp³-hybridized carbons (Fsp3) is 0.190. The first-order valence-electron chi connectivity index (χ1n) is 9.16. The number of imide groups is 1. The fourth-order valence-corrected chi connectivity index (χ4v) is 4.00. The Kier molecular flexibility index (Phi) is 5.96. The van der Waals surface area contributed by atoms with Crippen LogP contribution in [-0.2, 0) is 16.0 Å². The molecule has 1 fully saturated rings. The van der Waals surface area contributed by atoms with Crippen LogP contribution < -0.4 is 14.8 Å². The summed E-state index contributed by atoms with van der Waals surface area (Å²) in [5, 5.41) is 2.97. The summed E-state index contributed by atoms with van der Waals surface area (Å²) in [6.45, 7) is 0.455. The average Bonchev–Trinajstić information content (AvgIpc) is 3.29. The molecular formula is C21H17ClN2O5S. The lowest BCUT2D eigenvalue weighted by Gasteiger charge is -2.13. The van der Waals surface area contributed by atoms with Crippen molar-refractivity contribution in [2.24, 2.45) is 0 Å². The first kappa shape index (κ1) is 20.3. The highest BCUT2D eigenvalue weighted by Crippen LogP contribution is 2.36. The van der Waals surface area contributed by atoms with Gasteiger partial charge in [0.1, 0.15) is 0 Å². The Morgan fingerprint density at radius 2 is 1.90 bits per heavy atom. The van der Waals surface area contributed by atoms with Crippen LogP contribution in [0.3, 0.4) is 0 Å². The monoisotopic (exact) mass is 444 g/mol. The molecule has 9 heteroatoms. The molecule has 0 radical (unpaired) electrons. The molecule has 1 saturated heterocycles. The van der Waals surface area contributed by atoms with Crippen LogP contribution in [0.1, 0.15) is 11.1 Å². The standard InChI is InChI=1S/C21H17ClN2O5S/c22-15-4-1-13(2-5-15)11-19(25)23-7-8-24-20(26)18(30-21(24)27)10-14-3-6-16-17(9-14)29-12-28-16/h1-6,9-10H,7-8,11-12H2,(H,23,25)/b18-10-. The van der Waals surface area contributed by atoms with Crippen molar-refractivity contribution in [2.45, 2.75) is 6.42 Å². The molecule has 0 bridgehead atoms. The molecule has 2 aromatic rings. The second kappa shape index (κ2) is 8.81. The van der Waals surface area contributed by atoms with E-state index >= 15 is 0 Å². The van der Waals surface area contributed by atoms with E-state index in [1.165, 1.54) is 0 Å². The van der Waals surface area contributed by atoms with Gasteiger partial charge in [-0.1, -0.05) is 29.8 Å². The minimum absolute atomic E-state index is 0.107. The number of nitrogens with one attached hydrogen (secondary N) is 1. The first-order chi connectivity index (χ1) is 14.5. The van der Waals surface area contributed by atoms with Gasteiger partial charge < -0.3 is 14.8 Å². The summed E-state index contributed by atoms with van der Waals surface area (Å²) in [5.41, 5.74) is 1.57. The minimum Gasteiger partial charge on any atom is -0.454 e. The molecule has 2 aliphatic heterocycles. The molecule has 0 saturated carbocycles. The van der Waals surface area contributed by atoms with Gasteiger partial charge in [0.25, 0.3) is 11.1 Å². The molecule has 154 valence electrons. The second-order valence-electron chi connectivity index (χ2n) is 6.60. The highest BCUT2D eigenvalue weighted by Gasteiger charge is 2.34. The van der Waals surface area contributed by atoms with Crippen molar-refractivity contribution in [3.8, 4) is 11.5 Å². The number of nitrogens with zero attached hydrogens (tertiary/aromatic N) is 1. The van der Waals surface area contributed by atoms with Gasteiger partial charge in [0, 0.05) is 18.1 Å². The van der Waals surface area contributed by atoms with Gasteiger partial charge in [-0.25, -0.2) is 0 Å². The topological polar surface area (TPSA) is 84.9 Å². The highest BCUT2D eigenvalue weighted by molar-refractivity contribution is 8.18. The Bertz CT molecular complexity index is 1040. The number of halogens is 1. The van der Waals surface area contributed by atoms with Crippen molar-refractivity contribution in [1.82, 2.24) is 10.2 Å². The first-order valence-corrected chi connectivity index (χ1v) is 10.4. The smallest absolute Gasteiger partial charge is 0.293 e. The van der Waals surface area contributed by atoms with Crippen LogP contribution in [0.2, 0.25) is 5.02 Å². The molecule has 2 aliphatic rings. The summed E-state index contributed by atoms with van der Waals surface area (Å²) in [7, 11) is 0. The van der Waals surface area contributed by atoms with Gasteiger partial charge in [-0.3, -0.25) is 19.3 Å². The molecule has 0 unspecified atom stereocenters. The number of rotatable bonds is 6. The molecular weight excluding hydrogens is 428 g/mol. The van der Waals surface area contributed by atoms with Crippen LogP contribution in [0.25, 0.3) is 6.08 Å². The van der Waals surface area contributed by atoms with E-state index in [1.54, 1.807) is 48.5 Å². The summed E-state index contributed by atoms with van der Waals surface area (Å²) >= 11 is 6.71. The molecule has 0 aromatic heterocycles. The van der Waals surface area contributed by atoms with Gasteiger partial charge in [0.05, 0.1) is 11.3 Å². The zero-order valence-electron chi connectivity index (χ0n) is 15.7. The fourth-order valence-electron chi connectivity index (χ4n) is 3.00. The van der Waals surface area contributed by atoms with Crippen LogP contribution in [-0.4, -0.2) is 41.8 Å². The molecule has 0 aliphatic carbocycles. The van der Waals surface area contributed by atoms with Gasteiger partial charge in [0.15, 0.2) is 11.5 Å². The lowest BCUT2D eigenvalue weighted by Crippen LogP contribution is -2.37. The lowest BCUT2D eigenvalue weighted by atomic mass is 10.1. The average molecular weight is 445 g/mol. The molecule has 1 N–H and O–H groups in total. The largest absolute Gasteiger partial charge is 0.454 e. The Morgan fingerprint density at radius 1 is 1.13 bits per heavy atom. The predicted octanol–water partition coefficient (Wildman–Crippen LogP) is 3.46. The van der Waals surface area contributed by atoms with Gasteiger partial charge in [-0.15, -0.1) is 0 Å². The summed E-state index contributed by atoms with van der Waals surface area (Å²) in [4.78, 5) is 38.3. The molecule has 0 spiro atoms. The highest BCUT2D eigenvalue weighted by atomic mass is 35.5. The maximum absolute atomic E-state index is 12.6. The van der Waals surface area contributed by atoms with E-state index in [1.807, 2.05) is 0 Å². The van der Waals surface area contributed by atoms with Crippen molar-refractivity contribution in [3.63, 3.8) is 0 Å². The molecule has 2 aromatic carbocycles. The molecule has 4 rings (SSSR count). The van der Waals surface area contributed by atoms with Crippen LogP contribution in [0.4, 0.5) is 4.79 Å². The van der Waals surface area contributed by atoms with Crippen LogP contribution >= 0.6 is 23.4 Å². The Hall–Kier alpha value is -2.97. The third-order valence-electron chi connectivity index (χ3n) is 4.50. The summed E-state index contributed by atoms with van der Waals surface area (Å²) < 4.78 is 10.6. The van der Waals surface area contributed by atoms with E-state index in [-0.39, 0.29) is 43.4 Å². The predicted molar refractivity (Wildman–Crippen MR) is 113 cm³/mol. The number of benzene rings is 2. The number of ether oxygens (including phenoxy) is 2. The van der Waals surface area contributed by atoms with Crippen molar-refractivity contribution in [3.05, 3.63) is 63.5 Å². The van der Waals surface area contributed by atoms with E-state index in [0.29, 0.717) is 21.4 Å². The maximum Gasteiger partial charge on any atom is 0.293 e. The number of hydrogen-bond acceptors (Lipinski definition) is 6. The van der Waals surface area contributed by atoms with Crippen LogP contribution in [0, 0.1) is 0 Å². The number of fused-ring (bicyclic) bond motifs is 1. The zero-order chi connectivity index (χ0) is 21.1. The Morgan fingerprint density at radius 3 is 2.70 bits per heavy atom. The number of carbonyl (C=O) groups excluding carboxylic acids is 3. The molecule has 3 amide bonds. The Labute approximate surface area is 182 Å². The Balaban J connectivity index is 1.32. The van der Waals surface area contributed by atoms with E-state index < -0.39 is 0 Å². The molecule has 30 heavy (non-hydrogen) atoms. The summed E-state index contributed by atoms with van der Waals surface area (Å²) in [6.07, 6.45) is 1.84. The zero-order valence-corrected chi connectivity index (χ0v) is 17.3. The van der Waals surface area contributed by atoms with E-state index in [0.717, 1.165) is 27.8 Å². The SMILES string of the molecule is O=C(Cc1ccc(Cl)cc1)NCCN1C(=O)S/C(=C\c2ccc3c(c2)OCO3)C1=O. The number of hydrogen-bond donors (Lipinski definition) is 1. The number of amides is 3. The van der Waals surface area contributed by atoms with Gasteiger partial charge in [0.2, 0.25) is 12.7 Å². The number of carbonyl (C=O) groups is 3. The minimum atomic E-state index is -0.380. The van der Waals surface area contributed by atoms with E-state index in [4.69, 9.17) is 21.1 Å². The lowest BCUT2D eigenvalue weighted by molar-refractivity contribution is -0.124. The summed E-state index contributed by atoms with van der Waals surface area (Å²) in [5.74, 6) is 0.677. The van der Waals surface area contributed by atoms with Crippen LogP contribution in [0.5, 0.6) is 11.5 Å². The summed E-state index contributed by atoms with van der Waals surface area (Å²) in [6, 6.07) is 12.3. The van der Waals surface area contributed by atoms with Gasteiger partial charge in [-0.2, -0.15) is 0 Å². The number of thioether (sulfide) groups is 1. The van der Waals surface area contributed by atoms with E-state index in [9.17, 15) is 14.4 Å². The van der Waals surface area contributed by atoms with Crippen molar-refractivity contribution < 1.29 is 23.9 Å². The maximum atomic E-state index is 12.6.